The Labute approximate surface area is 183 Å². The molecule has 0 aliphatic heterocycles. The maximum absolute atomic E-state index is 11.6. The first-order valence-electron chi connectivity index (χ1n) is 9.97. The molecule has 0 atom stereocenters. The number of hydrogen-bond donors (Lipinski definition) is 2. The minimum atomic E-state index is -0.480. The van der Waals surface area contributed by atoms with Crippen LogP contribution in [0.1, 0.15) is 16.1 Å². The van der Waals surface area contributed by atoms with E-state index in [9.17, 15) is 4.79 Å². The molecule has 0 saturated carbocycles. The van der Waals surface area contributed by atoms with Crippen LogP contribution in [0.4, 0.5) is 11.6 Å². The van der Waals surface area contributed by atoms with Crippen LogP contribution in [0.5, 0.6) is 0 Å². The number of hydrogen-bond acceptors (Lipinski definition) is 6. The SMILES string of the molecule is Cc1cccc(-c2[nH]c(N(C)c3cccc(C(N)=O)c3)nc2-c2ccc3ncnn3c2)n1. The summed E-state index contributed by atoms with van der Waals surface area (Å²) in [6.45, 7) is 1.95. The van der Waals surface area contributed by atoms with Gasteiger partial charge in [0.1, 0.15) is 12.0 Å². The quantitative estimate of drug-likeness (QED) is 0.447. The number of fused-ring (bicyclic) bond motifs is 1. The van der Waals surface area contributed by atoms with Gasteiger partial charge in [-0.2, -0.15) is 5.10 Å². The van der Waals surface area contributed by atoms with Gasteiger partial charge in [0, 0.05) is 35.8 Å². The van der Waals surface area contributed by atoms with Crippen LogP contribution in [0.25, 0.3) is 28.3 Å². The molecule has 4 heterocycles. The number of aryl methyl sites for hydroxylation is 1. The lowest BCUT2D eigenvalue weighted by Crippen LogP contribution is -2.14. The van der Waals surface area contributed by atoms with Gasteiger partial charge in [0.25, 0.3) is 0 Å². The fourth-order valence-electron chi connectivity index (χ4n) is 3.54. The highest BCUT2D eigenvalue weighted by Gasteiger charge is 2.19. The number of H-pyrrole nitrogens is 1. The number of amides is 1. The van der Waals surface area contributed by atoms with Crippen molar-refractivity contribution in [1.29, 1.82) is 0 Å². The number of nitrogens with two attached hydrogens (primary N) is 1. The van der Waals surface area contributed by atoms with E-state index in [0.29, 0.717) is 11.5 Å². The van der Waals surface area contributed by atoms with Crippen LogP contribution >= 0.6 is 0 Å². The molecule has 0 unspecified atom stereocenters. The Morgan fingerprint density at radius 3 is 2.75 bits per heavy atom. The van der Waals surface area contributed by atoms with Gasteiger partial charge in [0.15, 0.2) is 5.65 Å². The number of anilines is 2. The third-order valence-electron chi connectivity index (χ3n) is 5.22. The molecular formula is C23H20N8O. The molecule has 1 aromatic carbocycles. The average Bonchev–Trinajstić information content (AvgIpc) is 3.45. The molecule has 5 aromatic rings. The molecule has 0 bridgehead atoms. The second-order valence-corrected chi connectivity index (χ2v) is 7.40. The molecular weight excluding hydrogens is 404 g/mol. The predicted molar refractivity (Wildman–Crippen MR) is 122 cm³/mol. The lowest BCUT2D eigenvalue weighted by atomic mass is 10.1. The van der Waals surface area contributed by atoms with Gasteiger partial charge >= 0.3 is 0 Å². The molecule has 0 saturated heterocycles. The van der Waals surface area contributed by atoms with E-state index >= 15 is 0 Å². The first-order chi connectivity index (χ1) is 15.5. The molecule has 1 amide bonds. The number of pyridine rings is 2. The predicted octanol–water partition coefficient (Wildman–Crippen LogP) is 3.36. The van der Waals surface area contributed by atoms with Crippen molar-refractivity contribution in [1.82, 2.24) is 29.5 Å². The summed E-state index contributed by atoms with van der Waals surface area (Å²) >= 11 is 0. The molecule has 9 nitrogen and oxygen atoms in total. The van der Waals surface area contributed by atoms with Crippen molar-refractivity contribution >= 4 is 23.2 Å². The fourth-order valence-corrected chi connectivity index (χ4v) is 3.54. The second-order valence-electron chi connectivity index (χ2n) is 7.40. The van der Waals surface area contributed by atoms with Crippen LogP contribution in [-0.2, 0) is 0 Å². The van der Waals surface area contributed by atoms with Crippen molar-refractivity contribution in [3.63, 3.8) is 0 Å². The van der Waals surface area contributed by atoms with Crippen molar-refractivity contribution in [3.05, 3.63) is 78.4 Å². The maximum atomic E-state index is 11.6. The summed E-state index contributed by atoms with van der Waals surface area (Å²) in [7, 11) is 1.87. The fraction of sp³-hybridized carbons (Fsp3) is 0.0870. The highest BCUT2D eigenvalue weighted by Crippen LogP contribution is 2.33. The molecule has 0 fully saturated rings. The van der Waals surface area contributed by atoms with Crippen LogP contribution in [-0.4, -0.2) is 42.5 Å². The number of primary amides is 1. The lowest BCUT2D eigenvalue weighted by molar-refractivity contribution is 0.100. The van der Waals surface area contributed by atoms with Crippen molar-refractivity contribution in [2.45, 2.75) is 6.92 Å². The highest BCUT2D eigenvalue weighted by atomic mass is 16.1. The zero-order valence-corrected chi connectivity index (χ0v) is 17.5. The number of rotatable bonds is 5. The first-order valence-corrected chi connectivity index (χ1v) is 9.97. The molecule has 0 aliphatic rings. The smallest absolute Gasteiger partial charge is 0.248 e. The van der Waals surface area contributed by atoms with E-state index in [4.69, 9.17) is 10.7 Å². The molecule has 0 spiro atoms. The van der Waals surface area contributed by atoms with Crippen LogP contribution in [0, 0.1) is 6.92 Å². The van der Waals surface area contributed by atoms with E-state index in [1.165, 1.54) is 6.33 Å². The number of nitrogens with zero attached hydrogens (tertiary/aromatic N) is 6. The highest BCUT2D eigenvalue weighted by molar-refractivity contribution is 5.94. The van der Waals surface area contributed by atoms with Gasteiger partial charge in [0.05, 0.1) is 11.4 Å². The van der Waals surface area contributed by atoms with E-state index in [0.717, 1.165) is 39.7 Å². The third-order valence-corrected chi connectivity index (χ3v) is 5.22. The van der Waals surface area contributed by atoms with Gasteiger partial charge in [0.2, 0.25) is 11.9 Å². The summed E-state index contributed by atoms with van der Waals surface area (Å²) < 4.78 is 1.71. The van der Waals surface area contributed by atoms with Crippen LogP contribution in [0.3, 0.4) is 0 Å². The van der Waals surface area contributed by atoms with Crippen LogP contribution in [0.2, 0.25) is 0 Å². The van der Waals surface area contributed by atoms with E-state index in [2.05, 4.69) is 20.1 Å². The van der Waals surface area contributed by atoms with Gasteiger partial charge in [-0.15, -0.1) is 0 Å². The zero-order chi connectivity index (χ0) is 22.2. The standard InChI is InChI=1S/C23H20N8O/c1-14-5-3-8-18(27-14)21-20(16-9-10-19-25-13-26-31(19)12-16)28-23(29-21)30(2)17-7-4-6-15(11-17)22(24)32/h3-13H,1-2H3,(H2,24,32)(H,28,29). The summed E-state index contributed by atoms with van der Waals surface area (Å²) in [5, 5.41) is 4.23. The number of carbonyl (C=O) groups is 1. The van der Waals surface area contributed by atoms with Gasteiger partial charge in [-0.1, -0.05) is 12.1 Å². The number of carbonyl (C=O) groups excluding carboxylic acids is 1. The first kappa shape index (κ1) is 19.4. The topological polar surface area (TPSA) is 118 Å². The third kappa shape index (κ3) is 3.45. The molecule has 32 heavy (non-hydrogen) atoms. The summed E-state index contributed by atoms with van der Waals surface area (Å²) in [4.78, 5) is 30.7. The molecule has 5 rings (SSSR count). The van der Waals surface area contributed by atoms with E-state index in [1.54, 1.807) is 22.7 Å². The minimum Gasteiger partial charge on any atom is -0.366 e. The lowest BCUT2D eigenvalue weighted by Gasteiger charge is -2.16. The summed E-state index contributed by atoms with van der Waals surface area (Å²) in [5.41, 5.74) is 11.5. The molecule has 3 N–H and O–H groups in total. The molecule has 4 aromatic heterocycles. The Bertz CT molecular complexity index is 1450. The van der Waals surface area contributed by atoms with Crippen molar-refractivity contribution in [3.8, 4) is 22.6 Å². The largest absolute Gasteiger partial charge is 0.366 e. The van der Waals surface area contributed by atoms with Crippen molar-refractivity contribution < 1.29 is 4.79 Å². The number of aromatic nitrogens is 6. The Kier molecular flexibility index (Phi) is 4.63. The molecule has 9 heteroatoms. The number of benzene rings is 1. The number of nitrogens with one attached hydrogen (secondary N) is 1. The van der Waals surface area contributed by atoms with Gasteiger partial charge in [-0.05, 0) is 49.4 Å². The van der Waals surface area contributed by atoms with E-state index in [-0.39, 0.29) is 0 Å². The number of imidazole rings is 1. The van der Waals surface area contributed by atoms with Gasteiger partial charge in [-0.3, -0.25) is 9.78 Å². The van der Waals surface area contributed by atoms with E-state index < -0.39 is 5.91 Å². The van der Waals surface area contributed by atoms with Crippen molar-refractivity contribution in [2.75, 3.05) is 11.9 Å². The average molecular weight is 424 g/mol. The van der Waals surface area contributed by atoms with Gasteiger partial charge in [-0.25, -0.2) is 14.5 Å². The molecule has 0 aliphatic carbocycles. The zero-order valence-electron chi connectivity index (χ0n) is 17.5. The van der Waals surface area contributed by atoms with E-state index in [1.807, 2.05) is 61.5 Å². The van der Waals surface area contributed by atoms with Crippen LogP contribution in [0.15, 0.2) is 67.1 Å². The van der Waals surface area contributed by atoms with Crippen molar-refractivity contribution in [2.24, 2.45) is 5.73 Å². The van der Waals surface area contributed by atoms with Gasteiger partial charge < -0.3 is 15.6 Å². The summed E-state index contributed by atoms with van der Waals surface area (Å²) in [5.74, 6) is 0.116. The normalized spacial score (nSPS) is 11.1. The minimum absolute atomic E-state index is 0.429. The molecule has 0 radical (unpaired) electrons. The summed E-state index contributed by atoms with van der Waals surface area (Å²) in [6, 6.07) is 16.8. The number of aromatic amines is 1. The monoisotopic (exact) mass is 424 g/mol. The van der Waals surface area contributed by atoms with Crippen LogP contribution < -0.4 is 10.6 Å². The second kappa shape index (κ2) is 7.62. The molecule has 158 valence electrons. The Hall–Kier alpha value is -4.53. The summed E-state index contributed by atoms with van der Waals surface area (Å²) in [6.07, 6.45) is 3.40. The Balaban J connectivity index is 1.65. The maximum Gasteiger partial charge on any atom is 0.248 e. The Morgan fingerprint density at radius 2 is 1.94 bits per heavy atom. The Morgan fingerprint density at radius 1 is 1.09 bits per heavy atom.